The van der Waals surface area contributed by atoms with E-state index in [4.69, 9.17) is 34.8 Å². The van der Waals surface area contributed by atoms with Crippen molar-refractivity contribution in [1.82, 2.24) is 4.31 Å². The first kappa shape index (κ1) is 26.3. The summed E-state index contributed by atoms with van der Waals surface area (Å²) in [4.78, 5) is 12.5. The Bertz CT molecular complexity index is 1280. The molecule has 3 rings (SSSR count). The van der Waals surface area contributed by atoms with E-state index in [2.05, 4.69) is 5.32 Å². The van der Waals surface area contributed by atoms with Gasteiger partial charge >= 0.3 is 6.18 Å². The highest BCUT2D eigenvalue weighted by Gasteiger charge is 2.30. The molecule has 0 spiro atoms. The van der Waals surface area contributed by atoms with Gasteiger partial charge in [0.2, 0.25) is 15.9 Å². The second-order valence-electron chi connectivity index (χ2n) is 7.09. The number of carbonyl (C=O) groups is 1. The highest BCUT2D eigenvalue weighted by Crippen LogP contribution is 2.30. The van der Waals surface area contributed by atoms with Crippen LogP contribution in [-0.2, 0) is 27.5 Å². The maximum absolute atomic E-state index is 13.3. The van der Waals surface area contributed by atoms with Gasteiger partial charge in [0.1, 0.15) is 0 Å². The van der Waals surface area contributed by atoms with E-state index in [9.17, 15) is 26.4 Å². The normalized spacial score (nSPS) is 12.1. The lowest BCUT2D eigenvalue weighted by Crippen LogP contribution is -2.37. The molecule has 0 bridgehead atoms. The minimum Gasteiger partial charge on any atom is -0.325 e. The van der Waals surface area contributed by atoms with Gasteiger partial charge in [-0.2, -0.15) is 17.5 Å². The summed E-state index contributed by atoms with van der Waals surface area (Å²) in [6, 6.07) is 13.6. The van der Waals surface area contributed by atoms with Gasteiger partial charge in [0, 0.05) is 27.3 Å². The molecule has 0 radical (unpaired) electrons. The zero-order chi connectivity index (χ0) is 25.1. The van der Waals surface area contributed by atoms with Crippen LogP contribution in [0.2, 0.25) is 15.1 Å². The minimum atomic E-state index is -4.52. The highest BCUT2D eigenvalue weighted by atomic mass is 35.5. The van der Waals surface area contributed by atoms with Crippen LogP contribution < -0.4 is 5.32 Å². The van der Waals surface area contributed by atoms with Crippen molar-refractivity contribution < 1.29 is 26.4 Å². The van der Waals surface area contributed by atoms with E-state index in [1.165, 1.54) is 42.5 Å². The Morgan fingerprint density at radius 2 is 1.47 bits per heavy atom. The van der Waals surface area contributed by atoms with Crippen LogP contribution in [0.1, 0.15) is 11.1 Å². The fourth-order valence-corrected chi connectivity index (χ4v) is 4.89. The van der Waals surface area contributed by atoms with Crippen molar-refractivity contribution in [2.24, 2.45) is 0 Å². The van der Waals surface area contributed by atoms with E-state index in [1.54, 1.807) is 0 Å². The summed E-state index contributed by atoms with van der Waals surface area (Å²) in [5.74, 6) is -0.762. The van der Waals surface area contributed by atoms with E-state index in [0.29, 0.717) is 15.6 Å². The molecule has 0 fully saturated rings. The van der Waals surface area contributed by atoms with Crippen LogP contribution in [0, 0.1) is 0 Å². The molecule has 1 N–H and O–H groups in total. The molecule has 3 aromatic carbocycles. The first-order valence-electron chi connectivity index (χ1n) is 9.53. The van der Waals surface area contributed by atoms with Gasteiger partial charge in [0.05, 0.1) is 17.0 Å². The predicted molar refractivity (Wildman–Crippen MR) is 126 cm³/mol. The van der Waals surface area contributed by atoms with Crippen LogP contribution in [-0.4, -0.2) is 25.2 Å². The Hall–Kier alpha value is -2.30. The van der Waals surface area contributed by atoms with Crippen LogP contribution in [0.25, 0.3) is 0 Å². The van der Waals surface area contributed by atoms with Crippen LogP contribution in [0.3, 0.4) is 0 Å². The summed E-state index contributed by atoms with van der Waals surface area (Å²) in [5.41, 5.74) is -0.410. The molecule has 0 aliphatic rings. The minimum absolute atomic E-state index is 0.0753. The Balaban J connectivity index is 1.87. The van der Waals surface area contributed by atoms with Gasteiger partial charge in [-0.3, -0.25) is 4.79 Å². The molecule has 12 heteroatoms. The van der Waals surface area contributed by atoms with E-state index in [1.807, 2.05) is 0 Å². The Kier molecular flexibility index (Phi) is 8.15. The first-order chi connectivity index (χ1) is 15.9. The molecule has 0 saturated carbocycles. The second kappa shape index (κ2) is 10.5. The number of nitrogens with zero attached hydrogens (tertiary/aromatic N) is 1. The number of halogens is 6. The highest BCUT2D eigenvalue weighted by molar-refractivity contribution is 7.89. The van der Waals surface area contributed by atoms with Crippen molar-refractivity contribution in [3.63, 3.8) is 0 Å². The van der Waals surface area contributed by atoms with Crippen LogP contribution in [0.15, 0.2) is 71.6 Å². The summed E-state index contributed by atoms with van der Waals surface area (Å²) in [7, 11) is -4.18. The number of amides is 1. The van der Waals surface area contributed by atoms with Crippen LogP contribution in [0.4, 0.5) is 18.9 Å². The number of anilines is 1. The molecule has 0 aliphatic heterocycles. The standard InChI is InChI=1S/C22H16Cl3F3N2O3S/c23-16-5-9-19(10-6-16)34(32,33)30(12-14-1-4-17(24)11-20(14)25)13-21(31)29-18-7-2-15(3-8-18)22(26,27)28/h1-11H,12-13H2,(H,29,31). The summed E-state index contributed by atoms with van der Waals surface area (Å²) < 4.78 is 65.7. The van der Waals surface area contributed by atoms with Gasteiger partial charge in [0.15, 0.2) is 0 Å². The van der Waals surface area contributed by atoms with E-state index < -0.39 is 34.2 Å². The molecule has 0 aliphatic carbocycles. The molecular weight excluding hydrogens is 536 g/mol. The van der Waals surface area contributed by atoms with Crippen molar-refractivity contribution >= 4 is 56.4 Å². The number of carbonyl (C=O) groups excluding carboxylic acids is 1. The number of rotatable bonds is 7. The molecule has 0 atom stereocenters. The van der Waals surface area contributed by atoms with Crippen molar-refractivity contribution in [3.8, 4) is 0 Å². The van der Waals surface area contributed by atoms with Gasteiger partial charge in [-0.05, 0) is 66.2 Å². The monoisotopic (exact) mass is 550 g/mol. The van der Waals surface area contributed by atoms with E-state index >= 15 is 0 Å². The molecule has 0 unspecified atom stereocenters. The third kappa shape index (κ3) is 6.64. The fraction of sp³-hybridized carbons (Fsp3) is 0.136. The zero-order valence-electron chi connectivity index (χ0n) is 17.1. The van der Waals surface area contributed by atoms with Crippen molar-refractivity contribution in [2.45, 2.75) is 17.6 Å². The number of nitrogens with one attached hydrogen (secondary N) is 1. The smallest absolute Gasteiger partial charge is 0.325 e. The lowest BCUT2D eigenvalue weighted by atomic mass is 10.2. The summed E-state index contributed by atoms with van der Waals surface area (Å²) >= 11 is 17.9. The lowest BCUT2D eigenvalue weighted by molar-refractivity contribution is -0.137. The maximum Gasteiger partial charge on any atom is 0.416 e. The van der Waals surface area contributed by atoms with Crippen molar-refractivity contribution in [3.05, 3.63) is 92.9 Å². The topological polar surface area (TPSA) is 66.5 Å². The van der Waals surface area contributed by atoms with Gasteiger partial charge in [0.25, 0.3) is 0 Å². The molecular formula is C22H16Cl3F3N2O3S. The third-order valence-electron chi connectivity index (χ3n) is 4.63. The fourth-order valence-electron chi connectivity index (χ4n) is 2.92. The van der Waals surface area contributed by atoms with Gasteiger partial charge in [-0.1, -0.05) is 40.9 Å². The number of hydrogen-bond donors (Lipinski definition) is 1. The molecule has 0 heterocycles. The summed E-state index contributed by atoms with van der Waals surface area (Å²) in [6.07, 6.45) is -4.52. The Labute approximate surface area is 209 Å². The average Bonchev–Trinajstić information content (AvgIpc) is 2.75. The quantitative estimate of drug-likeness (QED) is 0.365. The molecule has 0 saturated heterocycles. The number of alkyl halides is 3. The molecule has 34 heavy (non-hydrogen) atoms. The van der Waals surface area contributed by atoms with Crippen LogP contribution in [0.5, 0.6) is 0 Å². The van der Waals surface area contributed by atoms with Gasteiger partial charge in [-0.25, -0.2) is 8.42 Å². The van der Waals surface area contributed by atoms with Gasteiger partial charge < -0.3 is 5.32 Å². The molecule has 0 aromatic heterocycles. The molecule has 5 nitrogen and oxygen atoms in total. The van der Waals surface area contributed by atoms with Gasteiger partial charge in [-0.15, -0.1) is 0 Å². The Morgan fingerprint density at radius 1 is 0.882 bits per heavy atom. The lowest BCUT2D eigenvalue weighted by Gasteiger charge is -2.22. The van der Waals surface area contributed by atoms with Crippen molar-refractivity contribution in [2.75, 3.05) is 11.9 Å². The number of hydrogen-bond acceptors (Lipinski definition) is 3. The van der Waals surface area contributed by atoms with Crippen molar-refractivity contribution in [1.29, 1.82) is 0 Å². The summed E-state index contributed by atoms with van der Waals surface area (Å²) in [5, 5.41) is 3.28. The van der Waals surface area contributed by atoms with E-state index in [0.717, 1.165) is 28.6 Å². The number of sulfonamides is 1. The largest absolute Gasteiger partial charge is 0.416 e. The summed E-state index contributed by atoms with van der Waals surface area (Å²) in [6.45, 7) is -0.896. The third-order valence-corrected chi connectivity index (χ3v) is 7.27. The predicted octanol–water partition coefficient (Wildman–Crippen LogP) is 6.50. The van der Waals surface area contributed by atoms with Crippen LogP contribution >= 0.6 is 34.8 Å². The average molecular weight is 552 g/mol. The van der Waals surface area contributed by atoms with E-state index in [-0.39, 0.29) is 22.2 Å². The second-order valence-corrected chi connectivity index (χ2v) is 10.3. The number of benzene rings is 3. The zero-order valence-corrected chi connectivity index (χ0v) is 20.2. The SMILES string of the molecule is O=C(CN(Cc1ccc(Cl)cc1Cl)S(=O)(=O)c1ccc(Cl)cc1)Nc1ccc(C(F)(F)F)cc1. The Morgan fingerprint density at radius 3 is 2.03 bits per heavy atom. The first-order valence-corrected chi connectivity index (χ1v) is 12.1. The maximum atomic E-state index is 13.3. The molecule has 3 aromatic rings. The molecule has 1 amide bonds. The molecule has 180 valence electrons.